The second-order valence-electron chi connectivity index (χ2n) is 5.91. The van der Waals surface area contributed by atoms with Gasteiger partial charge < -0.3 is 4.74 Å². The fourth-order valence-corrected chi connectivity index (χ4v) is 4.13. The number of aromatic nitrogens is 2. The van der Waals surface area contributed by atoms with Crippen LogP contribution >= 0.6 is 11.3 Å². The zero-order valence-corrected chi connectivity index (χ0v) is 12.7. The van der Waals surface area contributed by atoms with E-state index >= 15 is 0 Å². The van der Waals surface area contributed by atoms with Crippen LogP contribution in [0.5, 0.6) is 0 Å². The highest BCUT2D eigenvalue weighted by Gasteiger charge is 2.40. The third-order valence-corrected chi connectivity index (χ3v) is 5.36. The van der Waals surface area contributed by atoms with Gasteiger partial charge in [0.05, 0.1) is 6.10 Å². The molecule has 2 aliphatic rings. The summed E-state index contributed by atoms with van der Waals surface area (Å²) in [5.74, 6) is 0.698. The van der Waals surface area contributed by atoms with Gasteiger partial charge in [-0.3, -0.25) is 9.88 Å². The fourth-order valence-electron chi connectivity index (χ4n) is 3.44. The Morgan fingerprint density at radius 2 is 2.38 bits per heavy atom. The van der Waals surface area contributed by atoms with Gasteiger partial charge in [0.2, 0.25) is 0 Å². The summed E-state index contributed by atoms with van der Waals surface area (Å²) in [5.41, 5.74) is 1.28. The van der Waals surface area contributed by atoms with Crippen molar-refractivity contribution in [3.05, 3.63) is 46.7 Å². The largest absolute Gasteiger partial charge is 0.366 e. The molecule has 0 aliphatic carbocycles. The lowest BCUT2D eigenvalue weighted by molar-refractivity contribution is -0.00941. The maximum absolute atomic E-state index is 6.27. The summed E-state index contributed by atoms with van der Waals surface area (Å²) in [4.78, 5) is 11.1. The van der Waals surface area contributed by atoms with Crippen LogP contribution in [0.2, 0.25) is 0 Å². The van der Waals surface area contributed by atoms with Crippen LogP contribution in [-0.4, -0.2) is 34.1 Å². The third kappa shape index (κ3) is 2.86. The number of likely N-dealkylation sites (tertiary alicyclic amines) is 1. The van der Waals surface area contributed by atoms with Gasteiger partial charge in [-0.1, -0.05) is 6.07 Å². The van der Waals surface area contributed by atoms with E-state index in [1.165, 1.54) is 12.0 Å². The Hall–Kier alpha value is -1.30. The van der Waals surface area contributed by atoms with Crippen molar-refractivity contribution in [1.29, 1.82) is 0 Å². The minimum Gasteiger partial charge on any atom is -0.366 e. The summed E-state index contributed by atoms with van der Waals surface area (Å²) in [5, 5.41) is 3.18. The van der Waals surface area contributed by atoms with Crippen molar-refractivity contribution in [3.8, 4) is 0 Å². The average Bonchev–Trinajstić information content (AvgIpc) is 3.17. The zero-order valence-electron chi connectivity index (χ0n) is 11.9. The molecule has 0 aromatic carbocycles. The average molecular weight is 301 g/mol. The minimum atomic E-state index is 0.221. The van der Waals surface area contributed by atoms with Gasteiger partial charge in [0.1, 0.15) is 11.1 Å². The van der Waals surface area contributed by atoms with E-state index in [1.807, 2.05) is 30.0 Å². The number of hydrogen-bond acceptors (Lipinski definition) is 5. The van der Waals surface area contributed by atoms with Crippen LogP contribution in [0, 0.1) is 5.92 Å². The van der Waals surface area contributed by atoms with Crippen LogP contribution in [0.15, 0.2) is 36.1 Å². The van der Waals surface area contributed by atoms with Gasteiger partial charge >= 0.3 is 0 Å². The van der Waals surface area contributed by atoms with E-state index in [4.69, 9.17) is 4.74 Å². The fraction of sp³-hybridized carbons (Fsp3) is 0.500. The monoisotopic (exact) mass is 301 g/mol. The van der Waals surface area contributed by atoms with Crippen molar-refractivity contribution in [2.24, 2.45) is 5.92 Å². The van der Waals surface area contributed by atoms with Crippen LogP contribution in [0.1, 0.15) is 29.5 Å². The summed E-state index contributed by atoms with van der Waals surface area (Å²) >= 11 is 1.71. The van der Waals surface area contributed by atoms with Gasteiger partial charge in [-0.25, -0.2) is 4.98 Å². The SMILES string of the molecule is c1cncc(CN2CC[C@H]3C[C@H](c4nccs4)O[C@@H]3C2)c1. The number of ether oxygens (including phenoxy) is 1. The highest BCUT2D eigenvalue weighted by molar-refractivity contribution is 7.09. The molecule has 2 saturated heterocycles. The summed E-state index contributed by atoms with van der Waals surface area (Å²) in [6.07, 6.45) is 8.61. The molecule has 0 amide bonds. The molecule has 0 unspecified atom stereocenters. The maximum atomic E-state index is 6.27. The first-order valence-electron chi connectivity index (χ1n) is 7.54. The Morgan fingerprint density at radius 1 is 1.38 bits per heavy atom. The molecule has 0 bridgehead atoms. The maximum Gasteiger partial charge on any atom is 0.121 e. The molecule has 21 heavy (non-hydrogen) atoms. The number of nitrogens with zero attached hydrogens (tertiary/aromatic N) is 3. The Labute approximate surface area is 128 Å². The first kappa shape index (κ1) is 13.4. The molecule has 0 N–H and O–H groups in total. The molecule has 4 rings (SSSR count). The molecule has 0 radical (unpaired) electrons. The Balaban J connectivity index is 1.39. The predicted octanol–water partition coefficient (Wildman–Crippen LogP) is 2.89. The van der Waals surface area contributed by atoms with Crippen LogP contribution in [0.25, 0.3) is 0 Å². The normalized spacial score (nSPS) is 29.4. The molecule has 4 nitrogen and oxygen atoms in total. The lowest BCUT2D eigenvalue weighted by Gasteiger charge is -2.33. The van der Waals surface area contributed by atoms with Crippen molar-refractivity contribution in [2.45, 2.75) is 31.6 Å². The molecule has 0 saturated carbocycles. The van der Waals surface area contributed by atoms with Gasteiger partial charge in [-0.05, 0) is 36.9 Å². The Bertz CT molecular complexity index is 574. The van der Waals surface area contributed by atoms with E-state index < -0.39 is 0 Å². The number of fused-ring (bicyclic) bond motifs is 1. The van der Waals surface area contributed by atoms with Gasteiger partial charge in [-0.15, -0.1) is 11.3 Å². The van der Waals surface area contributed by atoms with E-state index in [0.29, 0.717) is 12.0 Å². The van der Waals surface area contributed by atoms with Crippen molar-refractivity contribution in [2.75, 3.05) is 13.1 Å². The second kappa shape index (κ2) is 5.83. The molecule has 5 heteroatoms. The second-order valence-corrected chi connectivity index (χ2v) is 6.84. The highest BCUT2D eigenvalue weighted by atomic mass is 32.1. The lowest BCUT2D eigenvalue weighted by Crippen LogP contribution is -2.41. The molecular weight excluding hydrogens is 282 g/mol. The molecule has 110 valence electrons. The molecular formula is C16H19N3OS. The standard InChI is InChI=1S/C16H19N3OS/c1-2-12(9-17-4-1)10-19-6-3-13-8-14(20-15(13)11-19)16-18-5-7-21-16/h1-2,4-5,7,9,13-15H,3,6,8,10-11H2/t13-,14+,15+/m0/s1. The molecule has 0 spiro atoms. The zero-order chi connectivity index (χ0) is 14.1. The van der Waals surface area contributed by atoms with Gasteiger partial charge in [0, 0.05) is 37.1 Å². The molecule has 2 aromatic rings. The molecule has 2 aliphatic heterocycles. The van der Waals surface area contributed by atoms with Gasteiger partial charge in [0.15, 0.2) is 0 Å². The van der Waals surface area contributed by atoms with Gasteiger partial charge in [0.25, 0.3) is 0 Å². The Morgan fingerprint density at radius 3 is 3.19 bits per heavy atom. The van der Waals surface area contributed by atoms with Gasteiger partial charge in [-0.2, -0.15) is 0 Å². The van der Waals surface area contributed by atoms with Crippen molar-refractivity contribution in [3.63, 3.8) is 0 Å². The molecule has 3 atom stereocenters. The van der Waals surface area contributed by atoms with E-state index in [-0.39, 0.29) is 6.10 Å². The third-order valence-electron chi connectivity index (χ3n) is 4.49. The summed E-state index contributed by atoms with van der Waals surface area (Å²) < 4.78 is 6.27. The van der Waals surface area contributed by atoms with Crippen LogP contribution in [0.3, 0.4) is 0 Å². The van der Waals surface area contributed by atoms with Crippen molar-refractivity contribution in [1.82, 2.24) is 14.9 Å². The van der Waals surface area contributed by atoms with Crippen LogP contribution < -0.4 is 0 Å². The molecule has 2 fully saturated rings. The molecule has 4 heterocycles. The van der Waals surface area contributed by atoms with Crippen LogP contribution in [-0.2, 0) is 11.3 Å². The number of piperidine rings is 1. The smallest absolute Gasteiger partial charge is 0.121 e. The minimum absolute atomic E-state index is 0.221. The number of thiazole rings is 1. The number of hydrogen-bond donors (Lipinski definition) is 0. The van der Waals surface area contributed by atoms with E-state index in [0.717, 1.165) is 31.1 Å². The van der Waals surface area contributed by atoms with E-state index in [2.05, 4.69) is 20.9 Å². The topological polar surface area (TPSA) is 38.2 Å². The molecule has 2 aromatic heterocycles. The van der Waals surface area contributed by atoms with Crippen molar-refractivity contribution < 1.29 is 4.74 Å². The van der Waals surface area contributed by atoms with Crippen molar-refractivity contribution >= 4 is 11.3 Å². The summed E-state index contributed by atoms with van der Waals surface area (Å²) in [6.45, 7) is 3.16. The lowest BCUT2D eigenvalue weighted by atomic mass is 9.91. The number of rotatable bonds is 3. The Kier molecular flexibility index (Phi) is 3.71. The number of pyridine rings is 1. The quantitative estimate of drug-likeness (QED) is 0.874. The first-order chi connectivity index (χ1) is 10.4. The highest BCUT2D eigenvalue weighted by Crippen LogP contribution is 2.41. The van der Waals surface area contributed by atoms with Crippen LogP contribution in [0.4, 0.5) is 0 Å². The first-order valence-corrected chi connectivity index (χ1v) is 8.42. The predicted molar refractivity (Wildman–Crippen MR) is 82.0 cm³/mol. The summed E-state index contributed by atoms with van der Waals surface area (Å²) in [6, 6.07) is 4.15. The van der Waals surface area contributed by atoms with E-state index in [1.54, 1.807) is 11.3 Å². The van der Waals surface area contributed by atoms with E-state index in [9.17, 15) is 0 Å². The summed E-state index contributed by atoms with van der Waals surface area (Å²) in [7, 11) is 0.